The molecule has 0 fully saturated rings. The number of carbonyl (C=O) groups excluding carboxylic acids is 1. The first-order valence-electron chi connectivity index (χ1n) is 6.06. The molecule has 1 amide bonds. The van der Waals surface area contributed by atoms with E-state index >= 15 is 0 Å². The average Bonchev–Trinajstić information content (AvgIpc) is 2.43. The number of alkyl carbamates (subject to hydrolysis) is 1. The molecule has 1 aromatic rings. The smallest absolute Gasteiger partial charge is 0.408 e. The molecule has 0 radical (unpaired) electrons. The van der Waals surface area contributed by atoms with Crippen LogP contribution in [0.4, 0.5) is 4.79 Å². The van der Waals surface area contributed by atoms with Gasteiger partial charge < -0.3 is 15.2 Å². The first-order valence-corrected chi connectivity index (χ1v) is 7.67. The maximum atomic E-state index is 11.4. The predicted molar refractivity (Wildman–Crippen MR) is 83.0 cm³/mol. The lowest BCUT2D eigenvalue weighted by Crippen LogP contribution is -2.42. The fraction of sp³-hybridized carbons (Fsp3) is 0.286. The van der Waals surface area contributed by atoms with Crippen LogP contribution in [0.2, 0.25) is 5.02 Å². The molecule has 7 heteroatoms. The predicted octanol–water partition coefficient (Wildman–Crippen LogP) is 2.97. The highest BCUT2D eigenvalue weighted by Gasteiger charge is 2.21. The summed E-state index contributed by atoms with van der Waals surface area (Å²) in [6, 6.07) is 4.21. The molecule has 5 nitrogen and oxygen atoms in total. The zero-order valence-corrected chi connectivity index (χ0v) is 13.0. The van der Waals surface area contributed by atoms with Gasteiger partial charge in [0.2, 0.25) is 0 Å². The molecule has 0 aromatic heterocycles. The number of ether oxygens (including phenoxy) is 1. The van der Waals surface area contributed by atoms with Crippen LogP contribution in [0.25, 0.3) is 0 Å². The summed E-state index contributed by atoms with van der Waals surface area (Å²) in [6.07, 6.45) is 2.62. The molecule has 1 atom stereocenters. The van der Waals surface area contributed by atoms with Gasteiger partial charge in [-0.25, -0.2) is 9.59 Å². The molecule has 1 unspecified atom stereocenters. The summed E-state index contributed by atoms with van der Waals surface area (Å²) in [7, 11) is 0. The number of benzene rings is 1. The standard InChI is InChI=1S/C14H16ClNO4S/c1-3-4-20-14(19)16-12(13(17)18)7-9-5-10(15)8-11(6-9)21-2/h3,5-6,8,12H,1,4,7H2,2H3,(H,16,19)(H,17,18). The highest BCUT2D eigenvalue weighted by atomic mass is 35.5. The van der Waals surface area contributed by atoms with Crippen LogP contribution < -0.4 is 5.32 Å². The molecule has 2 N–H and O–H groups in total. The van der Waals surface area contributed by atoms with E-state index in [9.17, 15) is 14.7 Å². The van der Waals surface area contributed by atoms with Crippen LogP contribution in [-0.4, -0.2) is 36.1 Å². The number of thioether (sulfide) groups is 1. The van der Waals surface area contributed by atoms with Crippen LogP contribution >= 0.6 is 23.4 Å². The summed E-state index contributed by atoms with van der Waals surface area (Å²) >= 11 is 7.48. The van der Waals surface area contributed by atoms with Gasteiger partial charge >= 0.3 is 12.1 Å². The van der Waals surface area contributed by atoms with E-state index in [0.717, 1.165) is 10.5 Å². The summed E-state index contributed by atoms with van der Waals surface area (Å²) in [5, 5.41) is 12.0. The van der Waals surface area contributed by atoms with Crippen LogP contribution in [0.1, 0.15) is 5.56 Å². The van der Waals surface area contributed by atoms with Gasteiger partial charge in [0, 0.05) is 16.3 Å². The Hall–Kier alpha value is -1.66. The van der Waals surface area contributed by atoms with E-state index in [0.29, 0.717) is 5.02 Å². The minimum atomic E-state index is -1.14. The molecule has 0 saturated heterocycles. The molecule has 0 aliphatic rings. The van der Waals surface area contributed by atoms with Gasteiger partial charge in [-0.3, -0.25) is 0 Å². The molecule has 0 aliphatic carbocycles. The van der Waals surface area contributed by atoms with Crippen molar-refractivity contribution < 1.29 is 19.4 Å². The SMILES string of the molecule is C=CCOC(=O)NC(Cc1cc(Cl)cc(SC)c1)C(=O)O. The second-order valence-electron chi connectivity index (χ2n) is 4.13. The molecule has 1 aromatic carbocycles. The first kappa shape index (κ1) is 17.4. The maximum absolute atomic E-state index is 11.4. The number of halogens is 1. The number of carboxylic acids is 1. The van der Waals surface area contributed by atoms with Crippen LogP contribution in [0.5, 0.6) is 0 Å². The Morgan fingerprint density at radius 3 is 2.81 bits per heavy atom. The van der Waals surface area contributed by atoms with Crippen LogP contribution in [0.3, 0.4) is 0 Å². The number of carbonyl (C=O) groups is 2. The van der Waals surface area contributed by atoms with Gasteiger partial charge in [0.1, 0.15) is 12.6 Å². The third-order valence-corrected chi connectivity index (χ3v) is 3.45. The Balaban J connectivity index is 2.78. The summed E-state index contributed by atoms with van der Waals surface area (Å²) in [4.78, 5) is 23.6. The summed E-state index contributed by atoms with van der Waals surface area (Å²) in [5.74, 6) is -1.14. The Bertz CT molecular complexity index is 536. The quantitative estimate of drug-likeness (QED) is 0.594. The highest BCUT2D eigenvalue weighted by molar-refractivity contribution is 7.98. The molecule has 0 aliphatic heterocycles. The third-order valence-electron chi connectivity index (χ3n) is 2.53. The van der Waals surface area contributed by atoms with Crippen molar-refractivity contribution in [3.63, 3.8) is 0 Å². The Morgan fingerprint density at radius 1 is 1.52 bits per heavy atom. The maximum Gasteiger partial charge on any atom is 0.408 e. The topological polar surface area (TPSA) is 75.6 Å². The number of amides is 1. The van der Waals surface area contributed by atoms with E-state index in [1.807, 2.05) is 12.3 Å². The van der Waals surface area contributed by atoms with Gasteiger partial charge in [0.25, 0.3) is 0 Å². The fourth-order valence-corrected chi connectivity index (χ4v) is 2.45. The van der Waals surface area contributed by atoms with Gasteiger partial charge in [-0.05, 0) is 30.0 Å². The Labute approximate surface area is 132 Å². The van der Waals surface area contributed by atoms with Gasteiger partial charge in [-0.2, -0.15) is 0 Å². The molecule has 0 saturated carbocycles. The normalized spacial score (nSPS) is 11.5. The van der Waals surface area contributed by atoms with E-state index < -0.39 is 18.1 Å². The number of hydrogen-bond acceptors (Lipinski definition) is 4. The summed E-state index contributed by atoms with van der Waals surface area (Å²) < 4.78 is 4.72. The van der Waals surface area contributed by atoms with E-state index in [4.69, 9.17) is 16.3 Å². The van der Waals surface area contributed by atoms with Gasteiger partial charge in [0.05, 0.1) is 0 Å². The van der Waals surface area contributed by atoms with Crippen LogP contribution in [0, 0.1) is 0 Å². The van der Waals surface area contributed by atoms with Gasteiger partial charge in [-0.1, -0.05) is 24.3 Å². The lowest BCUT2D eigenvalue weighted by atomic mass is 10.1. The minimum Gasteiger partial charge on any atom is -0.480 e. The highest BCUT2D eigenvalue weighted by Crippen LogP contribution is 2.23. The van der Waals surface area contributed by atoms with E-state index in [1.54, 1.807) is 12.1 Å². The number of carboxylic acid groups (broad SMARTS) is 1. The molecule has 0 heterocycles. The Kier molecular flexibility index (Phi) is 7.11. The molecule has 0 spiro atoms. The molecule has 114 valence electrons. The average molecular weight is 330 g/mol. The van der Waals surface area contributed by atoms with Gasteiger partial charge in [-0.15, -0.1) is 11.8 Å². The molecule has 1 rings (SSSR count). The van der Waals surface area contributed by atoms with E-state index in [2.05, 4.69) is 11.9 Å². The molecular formula is C14H16ClNO4S. The zero-order valence-electron chi connectivity index (χ0n) is 11.5. The largest absolute Gasteiger partial charge is 0.480 e. The Morgan fingerprint density at radius 2 is 2.24 bits per heavy atom. The van der Waals surface area contributed by atoms with Crippen molar-refractivity contribution in [2.75, 3.05) is 12.9 Å². The minimum absolute atomic E-state index is 0.0198. The fourth-order valence-electron chi connectivity index (χ4n) is 1.61. The van der Waals surface area contributed by atoms with Crippen molar-refractivity contribution in [2.45, 2.75) is 17.4 Å². The van der Waals surface area contributed by atoms with Crippen molar-refractivity contribution in [1.82, 2.24) is 5.32 Å². The molecular weight excluding hydrogens is 314 g/mol. The van der Waals surface area contributed by atoms with Crippen molar-refractivity contribution >= 4 is 35.4 Å². The third kappa shape index (κ3) is 6.10. The summed E-state index contributed by atoms with van der Waals surface area (Å²) in [5.41, 5.74) is 0.725. The number of nitrogens with one attached hydrogen (secondary N) is 1. The monoisotopic (exact) mass is 329 g/mol. The second-order valence-corrected chi connectivity index (χ2v) is 5.44. The summed E-state index contributed by atoms with van der Waals surface area (Å²) in [6.45, 7) is 3.42. The van der Waals surface area contributed by atoms with Crippen molar-refractivity contribution in [3.05, 3.63) is 41.4 Å². The van der Waals surface area contributed by atoms with E-state index in [-0.39, 0.29) is 13.0 Å². The van der Waals surface area contributed by atoms with Gasteiger partial charge in [0.15, 0.2) is 0 Å². The van der Waals surface area contributed by atoms with Crippen LogP contribution in [0.15, 0.2) is 35.7 Å². The first-order chi connectivity index (χ1) is 9.96. The number of aliphatic carboxylic acids is 1. The van der Waals surface area contributed by atoms with Crippen molar-refractivity contribution in [3.8, 4) is 0 Å². The zero-order chi connectivity index (χ0) is 15.8. The molecule has 21 heavy (non-hydrogen) atoms. The van der Waals surface area contributed by atoms with Crippen molar-refractivity contribution in [2.24, 2.45) is 0 Å². The number of rotatable bonds is 7. The number of hydrogen-bond donors (Lipinski definition) is 2. The van der Waals surface area contributed by atoms with Crippen molar-refractivity contribution in [1.29, 1.82) is 0 Å². The van der Waals surface area contributed by atoms with E-state index in [1.165, 1.54) is 17.8 Å². The lowest BCUT2D eigenvalue weighted by molar-refractivity contribution is -0.139. The molecule has 0 bridgehead atoms. The second kappa shape index (κ2) is 8.59. The van der Waals surface area contributed by atoms with Crippen LogP contribution in [-0.2, 0) is 16.0 Å². The lowest BCUT2D eigenvalue weighted by Gasteiger charge is -2.15.